The van der Waals surface area contributed by atoms with Crippen LogP contribution in [0.25, 0.3) is 22.4 Å². The van der Waals surface area contributed by atoms with Crippen LogP contribution < -0.4 is 4.74 Å². The van der Waals surface area contributed by atoms with Crippen molar-refractivity contribution in [3.63, 3.8) is 0 Å². The molecule has 0 N–H and O–H groups in total. The second kappa shape index (κ2) is 7.45. The van der Waals surface area contributed by atoms with Gasteiger partial charge in [0.25, 0.3) is 0 Å². The van der Waals surface area contributed by atoms with Crippen molar-refractivity contribution in [1.82, 2.24) is 9.55 Å². The maximum atomic E-state index is 6.44. The first-order chi connectivity index (χ1) is 13.1. The number of aromatic nitrogens is 2. The minimum absolute atomic E-state index is 0.556. The highest BCUT2D eigenvalue weighted by Crippen LogP contribution is 2.30. The van der Waals surface area contributed by atoms with Crippen molar-refractivity contribution in [2.24, 2.45) is 0 Å². The quantitative estimate of drug-likeness (QED) is 0.423. The molecule has 4 rings (SSSR count). The third-order valence-electron chi connectivity index (χ3n) is 4.83. The number of benzene rings is 3. The minimum Gasteiger partial charge on any atom is -0.492 e. The number of rotatable bonds is 5. The van der Waals surface area contributed by atoms with Gasteiger partial charge in [0.15, 0.2) is 0 Å². The van der Waals surface area contributed by atoms with Gasteiger partial charge in [0.1, 0.15) is 18.2 Å². The van der Waals surface area contributed by atoms with Gasteiger partial charge in [-0.1, -0.05) is 41.9 Å². The number of nitrogens with zero attached hydrogens (tertiary/aromatic N) is 2. The summed E-state index contributed by atoms with van der Waals surface area (Å²) in [4.78, 5) is 4.82. The molecule has 0 fully saturated rings. The van der Waals surface area contributed by atoms with Crippen LogP contribution in [0.2, 0.25) is 5.02 Å². The summed E-state index contributed by atoms with van der Waals surface area (Å²) in [7, 11) is 0. The van der Waals surface area contributed by atoms with Crippen LogP contribution in [-0.4, -0.2) is 16.2 Å². The summed E-state index contributed by atoms with van der Waals surface area (Å²) in [5.41, 5.74) is 5.47. The van der Waals surface area contributed by atoms with Crippen LogP contribution in [0.15, 0.2) is 66.7 Å². The topological polar surface area (TPSA) is 27.1 Å². The van der Waals surface area contributed by atoms with Crippen molar-refractivity contribution in [1.29, 1.82) is 0 Å². The maximum Gasteiger partial charge on any atom is 0.142 e. The average molecular weight is 377 g/mol. The standard InChI is InChI=1S/C23H21ClN2O/c1-16-11-12-18(15-17(16)2)27-14-13-26-22-10-6-5-9-21(22)25-23(26)19-7-3-4-8-20(19)24/h3-12,15H,13-14H2,1-2H3. The van der Waals surface area contributed by atoms with Gasteiger partial charge in [0.05, 0.1) is 22.6 Å². The molecule has 0 atom stereocenters. The van der Waals surface area contributed by atoms with E-state index >= 15 is 0 Å². The zero-order chi connectivity index (χ0) is 18.8. The van der Waals surface area contributed by atoms with E-state index in [2.05, 4.69) is 36.6 Å². The van der Waals surface area contributed by atoms with Gasteiger partial charge in [-0.3, -0.25) is 0 Å². The number of halogens is 1. The van der Waals surface area contributed by atoms with Crippen LogP contribution in [0.3, 0.4) is 0 Å². The summed E-state index contributed by atoms with van der Waals surface area (Å²) in [6.07, 6.45) is 0. The Labute approximate surface area is 164 Å². The number of ether oxygens (including phenoxy) is 1. The molecule has 3 aromatic carbocycles. The SMILES string of the molecule is Cc1ccc(OCCn2c(-c3ccccc3Cl)nc3ccccc32)cc1C. The maximum absolute atomic E-state index is 6.44. The molecule has 0 radical (unpaired) electrons. The lowest BCUT2D eigenvalue weighted by Gasteiger charge is -2.12. The Morgan fingerprint density at radius 3 is 2.52 bits per heavy atom. The number of hydrogen-bond donors (Lipinski definition) is 0. The zero-order valence-corrected chi connectivity index (χ0v) is 16.2. The summed E-state index contributed by atoms with van der Waals surface area (Å²) < 4.78 is 8.18. The Morgan fingerprint density at radius 1 is 0.926 bits per heavy atom. The molecule has 0 saturated carbocycles. The van der Waals surface area contributed by atoms with Crippen LogP contribution in [0.5, 0.6) is 5.75 Å². The molecule has 0 aliphatic rings. The molecule has 0 aliphatic heterocycles. The number of aryl methyl sites for hydroxylation is 2. The Hall–Kier alpha value is -2.78. The van der Waals surface area contributed by atoms with Crippen LogP contribution >= 0.6 is 11.6 Å². The lowest BCUT2D eigenvalue weighted by molar-refractivity contribution is 0.300. The third kappa shape index (κ3) is 3.56. The Morgan fingerprint density at radius 2 is 1.70 bits per heavy atom. The van der Waals surface area contributed by atoms with Gasteiger partial charge in [0.2, 0.25) is 0 Å². The molecule has 0 unspecified atom stereocenters. The first-order valence-electron chi connectivity index (χ1n) is 9.04. The van der Waals surface area contributed by atoms with Crippen molar-refractivity contribution < 1.29 is 4.74 Å². The second-order valence-corrected chi connectivity index (χ2v) is 7.06. The zero-order valence-electron chi connectivity index (χ0n) is 15.4. The summed E-state index contributed by atoms with van der Waals surface area (Å²) in [5, 5.41) is 0.698. The number of fused-ring (bicyclic) bond motifs is 1. The highest BCUT2D eigenvalue weighted by molar-refractivity contribution is 6.33. The smallest absolute Gasteiger partial charge is 0.142 e. The van der Waals surface area contributed by atoms with Crippen molar-refractivity contribution in [3.05, 3.63) is 82.9 Å². The molecule has 27 heavy (non-hydrogen) atoms. The normalized spacial score (nSPS) is 11.1. The molecule has 1 heterocycles. The molecule has 3 nitrogen and oxygen atoms in total. The monoisotopic (exact) mass is 376 g/mol. The predicted octanol–water partition coefficient (Wildman–Crippen LogP) is 6.05. The fourth-order valence-electron chi connectivity index (χ4n) is 3.21. The van der Waals surface area contributed by atoms with Crippen molar-refractivity contribution in [3.8, 4) is 17.1 Å². The molecular weight excluding hydrogens is 356 g/mol. The van der Waals surface area contributed by atoms with Crippen LogP contribution in [0.4, 0.5) is 0 Å². The lowest BCUT2D eigenvalue weighted by atomic mass is 10.1. The molecule has 0 spiro atoms. The fraction of sp³-hybridized carbons (Fsp3) is 0.174. The number of imidazole rings is 1. The molecule has 0 bridgehead atoms. The van der Waals surface area contributed by atoms with Gasteiger partial charge in [0, 0.05) is 5.56 Å². The summed E-state index contributed by atoms with van der Waals surface area (Å²) in [6.45, 7) is 5.45. The number of para-hydroxylation sites is 2. The molecule has 4 aromatic rings. The van der Waals surface area contributed by atoms with Gasteiger partial charge >= 0.3 is 0 Å². The molecule has 136 valence electrons. The van der Waals surface area contributed by atoms with Crippen molar-refractivity contribution in [2.45, 2.75) is 20.4 Å². The van der Waals surface area contributed by atoms with Crippen molar-refractivity contribution in [2.75, 3.05) is 6.61 Å². The molecule has 0 aliphatic carbocycles. The molecule has 0 amide bonds. The second-order valence-electron chi connectivity index (χ2n) is 6.65. The van der Waals surface area contributed by atoms with E-state index in [4.69, 9.17) is 21.3 Å². The van der Waals surface area contributed by atoms with E-state index in [1.807, 2.05) is 48.5 Å². The van der Waals surface area contributed by atoms with Gasteiger partial charge in [-0.2, -0.15) is 0 Å². The number of hydrogen-bond acceptors (Lipinski definition) is 2. The minimum atomic E-state index is 0.556. The van der Waals surface area contributed by atoms with E-state index in [0.717, 1.165) is 28.2 Å². The van der Waals surface area contributed by atoms with E-state index in [0.29, 0.717) is 18.2 Å². The molecule has 0 saturated heterocycles. The Balaban J connectivity index is 1.65. The highest BCUT2D eigenvalue weighted by Gasteiger charge is 2.14. The summed E-state index contributed by atoms with van der Waals surface area (Å²) in [6, 6.07) is 22.1. The molecule has 4 heteroatoms. The Bertz CT molecular complexity index is 1100. The van der Waals surface area contributed by atoms with Gasteiger partial charge in [-0.25, -0.2) is 4.98 Å². The first-order valence-corrected chi connectivity index (χ1v) is 9.41. The van der Waals surface area contributed by atoms with Crippen LogP contribution in [0, 0.1) is 13.8 Å². The van der Waals surface area contributed by atoms with Gasteiger partial charge < -0.3 is 9.30 Å². The van der Waals surface area contributed by atoms with Gasteiger partial charge in [-0.15, -0.1) is 0 Å². The summed E-state index contributed by atoms with van der Waals surface area (Å²) in [5.74, 6) is 1.76. The molecular formula is C23H21ClN2O. The van der Waals surface area contributed by atoms with Crippen LogP contribution in [-0.2, 0) is 6.54 Å². The third-order valence-corrected chi connectivity index (χ3v) is 5.16. The van der Waals surface area contributed by atoms with E-state index in [1.54, 1.807) is 0 Å². The van der Waals surface area contributed by atoms with Crippen molar-refractivity contribution >= 4 is 22.6 Å². The van der Waals surface area contributed by atoms with E-state index in [-0.39, 0.29) is 0 Å². The molecule has 1 aromatic heterocycles. The average Bonchev–Trinajstić information content (AvgIpc) is 3.03. The first kappa shape index (κ1) is 17.6. The summed E-state index contributed by atoms with van der Waals surface area (Å²) >= 11 is 6.44. The van der Waals surface area contributed by atoms with Crippen LogP contribution in [0.1, 0.15) is 11.1 Å². The lowest BCUT2D eigenvalue weighted by Crippen LogP contribution is -2.09. The van der Waals surface area contributed by atoms with E-state index in [1.165, 1.54) is 11.1 Å². The van der Waals surface area contributed by atoms with E-state index < -0.39 is 0 Å². The Kier molecular flexibility index (Phi) is 4.87. The fourth-order valence-corrected chi connectivity index (χ4v) is 3.43. The van der Waals surface area contributed by atoms with Gasteiger partial charge in [-0.05, 0) is 61.4 Å². The van der Waals surface area contributed by atoms with E-state index in [9.17, 15) is 0 Å². The highest BCUT2D eigenvalue weighted by atomic mass is 35.5. The largest absolute Gasteiger partial charge is 0.492 e. The predicted molar refractivity (Wildman–Crippen MR) is 112 cm³/mol.